The van der Waals surface area contributed by atoms with Gasteiger partial charge >= 0.3 is 0 Å². The summed E-state index contributed by atoms with van der Waals surface area (Å²) in [6.07, 6.45) is 9.08. The molecule has 3 N–H and O–H groups in total. The van der Waals surface area contributed by atoms with Crippen molar-refractivity contribution in [3.05, 3.63) is 36.4 Å². The molecule has 0 aliphatic rings. The quantitative estimate of drug-likeness (QED) is 0.739. The molecule has 0 unspecified atom stereocenters. The van der Waals surface area contributed by atoms with E-state index in [0.29, 0.717) is 6.54 Å². The fraction of sp³-hybridized carbons (Fsp3) is 0.400. The Morgan fingerprint density at radius 1 is 1.27 bits per heavy atom. The minimum absolute atomic E-state index is 0.662. The number of imidazole rings is 2. The standard InChI is InChI=1S/C10H15N5/c11-3-1-10-6-13-8-15(10)4-2-9-5-12-7-14-9/h5-8H,1-4,11H2,(H,12,14). The Morgan fingerprint density at radius 3 is 2.93 bits per heavy atom. The maximum atomic E-state index is 5.52. The molecule has 0 spiro atoms. The molecule has 0 saturated heterocycles. The molecule has 2 heterocycles. The van der Waals surface area contributed by atoms with Crippen molar-refractivity contribution in [2.75, 3.05) is 6.54 Å². The van der Waals surface area contributed by atoms with Crippen LogP contribution in [-0.2, 0) is 19.4 Å². The van der Waals surface area contributed by atoms with Crippen molar-refractivity contribution in [2.45, 2.75) is 19.4 Å². The maximum absolute atomic E-state index is 5.52. The van der Waals surface area contributed by atoms with Crippen LogP contribution in [0.4, 0.5) is 0 Å². The van der Waals surface area contributed by atoms with Crippen molar-refractivity contribution in [1.29, 1.82) is 0 Å². The summed E-state index contributed by atoms with van der Waals surface area (Å²) in [5, 5.41) is 0. The molecule has 0 radical (unpaired) electrons. The van der Waals surface area contributed by atoms with Gasteiger partial charge in [-0.3, -0.25) is 0 Å². The second-order valence-corrected chi connectivity index (χ2v) is 3.44. The highest BCUT2D eigenvalue weighted by Gasteiger charge is 2.01. The number of nitrogens with zero attached hydrogens (tertiary/aromatic N) is 3. The molecule has 0 aliphatic carbocycles. The summed E-state index contributed by atoms with van der Waals surface area (Å²) < 4.78 is 2.13. The lowest BCUT2D eigenvalue weighted by Crippen LogP contribution is -2.09. The molecule has 0 bridgehead atoms. The molecule has 0 amide bonds. The molecule has 0 atom stereocenters. The van der Waals surface area contributed by atoms with Crippen LogP contribution in [0, 0.1) is 0 Å². The third kappa shape index (κ3) is 2.44. The van der Waals surface area contributed by atoms with Crippen LogP contribution in [0.5, 0.6) is 0 Å². The molecule has 0 aliphatic heterocycles. The molecule has 2 aromatic rings. The van der Waals surface area contributed by atoms with E-state index in [1.54, 1.807) is 6.33 Å². The number of aromatic nitrogens is 4. The van der Waals surface area contributed by atoms with Crippen LogP contribution in [0.2, 0.25) is 0 Å². The summed E-state index contributed by atoms with van der Waals surface area (Å²) >= 11 is 0. The second-order valence-electron chi connectivity index (χ2n) is 3.44. The van der Waals surface area contributed by atoms with Crippen molar-refractivity contribution in [2.24, 2.45) is 5.73 Å². The molecule has 0 saturated carbocycles. The van der Waals surface area contributed by atoms with Gasteiger partial charge in [-0.15, -0.1) is 0 Å². The molecule has 15 heavy (non-hydrogen) atoms. The molecule has 2 rings (SSSR count). The lowest BCUT2D eigenvalue weighted by atomic mass is 10.3. The fourth-order valence-electron chi connectivity index (χ4n) is 1.57. The maximum Gasteiger partial charge on any atom is 0.0948 e. The Morgan fingerprint density at radius 2 is 2.20 bits per heavy atom. The van der Waals surface area contributed by atoms with Crippen LogP contribution in [0.25, 0.3) is 0 Å². The van der Waals surface area contributed by atoms with E-state index in [9.17, 15) is 0 Å². The Bertz CT molecular complexity index is 390. The van der Waals surface area contributed by atoms with Gasteiger partial charge in [0.1, 0.15) is 0 Å². The van der Waals surface area contributed by atoms with Crippen molar-refractivity contribution < 1.29 is 0 Å². The van der Waals surface area contributed by atoms with Gasteiger partial charge in [0.25, 0.3) is 0 Å². The van der Waals surface area contributed by atoms with Gasteiger partial charge < -0.3 is 15.3 Å². The van der Waals surface area contributed by atoms with E-state index in [0.717, 1.165) is 25.1 Å². The number of hydrogen-bond donors (Lipinski definition) is 2. The topological polar surface area (TPSA) is 72.5 Å². The molecule has 2 aromatic heterocycles. The van der Waals surface area contributed by atoms with Crippen molar-refractivity contribution in [1.82, 2.24) is 19.5 Å². The number of nitrogens with one attached hydrogen (secondary N) is 1. The van der Waals surface area contributed by atoms with Gasteiger partial charge in [-0.05, 0) is 6.54 Å². The van der Waals surface area contributed by atoms with Gasteiger partial charge in [0.15, 0.2) is 0 Å². The van der Waals surface area contributed by atoms with Crippen LogP contribution in [0.3, 0.4) is 0 Å². The minimum Gasteiger partial charge on any atom is -0.348 e. The lowest BCUT2D eigenvalue weighted by molar-refractivity contribution is 0.651. The third-order valence-electron chi connectivity index (χ3n) is 2.38. The number of rotatable bonds is 5. The third-order valence-corrected chi connectivity index (χ3v) is 2.38. The van der Waals surface area contributed by atoms with E-state index in [-0.39, 0.29) is 0 Å². The summed E-state index contributed by atoms with van der Waals surface area (Å²) in [6.45, 7) is 1.58. The van der Waals surface area contributed by atoms with E-state index in [1.165, 1.54) is 5.69 Å². The lowest BCUT2D eigenvalue weighted by Gasteiger charge is -2.05. The van der Waals surface area contributed by atoms with Crippen LogP contribution in [-0.4, -0.2) is 26.1 Å². The first-order valence-electron chi connectivity index (χ1n) is 5.06. The smallest absolute Gasteiger partial charge is 0.0948 e. The van der Waals surface area contributed by atoms with Crippen LogP contribution >= 0.6 is 0 Å². The molecule has 80 valence electrons. The number of hydrogen-bond acceptors (Lipinski definition) is 3. The highest BCUT2D eigenvalue weighted by molar-refractivity contribution is 5.01. The van der Waals surface area contributed by atoms with Crippen molar-refractivity contribution >= 4 is 0 Å². The number of nitrogens with two attached hydrogens (primary N) is 1. The zero-order chi connectivity index (χ0) is 10.5. The van der Waals surface area contributed by atoms with Crippen molar-refractivity contribution in [3.8, 4) is 0 Å². The van der Waals surface area contributed by atoms with Gasteiger partial charge in [-0.2, -0.15) is 0 Å². The Kier molecular flexibility index (Phi) is 3.14. The highest BCUT2D eigenvalue weighted by atomic mass is 15.0. The van der Waals surface area contributed by atoms with Crippen LogP contribution in [0.15, 0.2) is 25.0 Å². The minimum atomic E-state index is 0.662. The first-order chi connectivity index (χ1) is 7.40. The molecule has 5 nitrogen and oxygen atoms in total. The number of H-pyrrole nitrogens is 1. The largest absolute Gasteiger partial charge is 0.348 e. The zero-order valence-corrected chi connectivity index (χ0v) is 8.56. The summed E-state index contributed by atoms with van der Waals surface area (Å²) in [7, 11) is 0. The van der Waals surface area contributed by atoms with Crippen LogP contribution < -0.4 is 5.73 Å². The average Bonchev–Trinajstić information content (AvgIpc) is 2.85. The van der Waals surface area contributed by atoms with Gasteiger partial charge in [0.2, 0.25) is 0 Å². The monoisotopic (exact) mass is 205 g/mol. The molecule has 0 aromatic carbocycles. The first kappa shape index (κ1) is 9.92. The highest BCUT2D eigenvalue weighted by Crippen LogP contribution is 2.02. The first-order valence-corrected chi connectivity index (χ1v) is 5.06. The summed E-state index contributed by atoms with van der Waals surface area (Å²) in [6, 6.07) is 0. The van der Waals surface area contributed by atoms with Gasteiger partial charge in [0, 0.05) is 43.2 Å². The number of aromatic amines is 1. The van der Waals surface area contributed by atoms with E-state index in [2.05, 4.69) is 19.5 Å². The van der Waals surface area contributed by atoms with Crippen LogP contribution in [0.1, 0.15) is 11.4 Å². The van der Waals surface area contributed by atoms with Gasteiger partial charge in [0.05, 0.1) is 12.7 Å². The predicted octanol–water partition coefficient (Wildman–Crippen LogP) is 0.350. The van der Waals surface area contributed by atoms with E-state index in [1.807, 2.05) is 18.7 Å². The van der Waals surface area contributed by atoms with Crippen molar-refractivity contribution in [3.63, 3.8) is 0 Å². The Hall–Kier alpha value is -1.62. The molecule has 5 heteroatoms. The zero-order valence-electron chi connectivity index (χ0n) is 8.56. The van der Waals surface area contributed by atoms with E-state index >= 15 is 0 Å². The summed E-state index contributed by atoms with van der Waals surface area (Å²) in [5.74, 6) is 0. The molecular formula is C10H15N5. The second kappa shape index (κ2) is 4.75. The van der Waals surface area contributed by atoms with Gasteiger partial charge in [-0.1, -0.05) is 0 Å². The predicted molar refractivity (Wildman–Crippen MR) is 57.3 cm³/mol. The SMILES string of the molecule is NCCc1cncn1CCc1cnc[nH]1. The van der Waals surface area contributed by atoms with E-state index < -0.39 is 0 Å². The Labute approximate surface area is 88.4 Å². The normalized spacial score (nSPS) is 10.7. The van der Waals surface area contributed by atoms with Gasteiger partial charge in [-0.25, -0.2) is 9.97 Å². The van der Waals surface area contributed by atoms with E-state index in [4.69, 9.17) is 5.73 Å². The number of aryl methyl sites for hydroxylation is 2. The summed E-state index contributed by atoms with van der Waals surface area (Å²) in [4.78, 5) is 11.2. The molecule has 0 fully saturated rings. The Balaban J connectivity index is 1.95. The average molecular weight is 205 g/mol. The molecular weight excluding hydrogens is 190 g/mol. The summed E-state index contributed by atoms with van der Waals surface area (Å²) in [5.41, 5.74) is 7.85. The fourth-order valence-corrected chi connectivity index (χ4v) is 1.57.